The molecular weight excluding hydrogens is 338 g/mol. The molecule has 0 bridgehead atoms. The summed E-state index contributed by atoms with van der Waals surface area (Å²) in [5.74, 6) is 0.543. The highest BCUT2D eigenvalue weighted by Crippen LogP contribution is 2.29. The van der Waals surface area contributed by atoms with Gasteiger partial charge in [0.05, 0.1) is 21.4 Å². The quantitative estimate of drug-likeness (QED) is 0.757. The van der Waals surface area contributed by atoms with E-state index in [9.17, 15) is 5.11 Å². The number of hydrogen-bond acceptors (Lipinski definition) is 4. The number of hydrogen-bond donors (Lipinski definition) is 1. The monoisotopic (exact) mass is 349 g/mol. The topological polar surface area (TPSA) is 46.3 Å². The number of thiazole rings is 1. The summed E-state index contributed by atoms with van der Waals surface area (Å²) in [6.07, 6.45) is 1.32. The highest BCUT2D eigenvalue weighted by Gasteiger charge is 2.17. The van der Waals surface area contributed by atoms with E-state index >= 15 is 0 Å². The fraction of sp³-hybridized carbons (Fsp3) is 0.133. The largest absolute Gasteiger partial charge is 0.465 e. The second-order valence-corrected chi connectivity index (χ2v) is 6.14. The Kier molecular flexibility index (Phi) is 4.00. The number of rotatable bonds is 4. The Bertz CT molecular complexity index is 693. The minimum atomic E-state index is -0.686. The Balaban J connectivity index is 1.76. The molecule has 0 amide bonds. The van der Waals surface area contributed by atoms with Crippen LogP contribution in [0.2, 0.25) is 0 Å². The van der Waals surface area contributed by atoms with E-state index in [-0.39, 0.29) is 0 Å². The van der Waals surface area contributed by atoms with Crippen LogP contribution in [0.1, 0.15) is 16.9 Å². The van der Waals surface area contributed by atoms with Crippen molar-refractivity contribution in [3.8, 4) is 11.3 Å². The van der Waals surface area contributed by atoms with Gasteiger partial charge in [-0.15, -0.1) is 11.3 Å². The molecule has 1 N–H and O–H groups in total. The molecule has 1 aromatic carbocycles. The molecule has 0 saturated carbocycles. The molecule has 0 spiro atoms. The zero-order valence-electron chi connectivity index (χ0n) is 10.5. The standard InChI is InChI=1S/C15H12BrNO2S/c16-11-6-7-19-15(11)13(18)8-14-17-12(9-20-14)10-4-2-1-3-5-10/h1-7,9,13,18H,8H2. The van der Waals surface area contributed by atoms with Crippen molar-refractivity contribution >= 4 is 27.3 Å². The average molecular weight is 350 g/mol. The van der Waals surface area contributed by atoms with Gasteiger partial charge in [-0.2, -0.15) is 0 Å². The van der Waals surface area contributed by atoms with E-state index in [2.05, 4.69) is 20.9 Å². The second-order valence-electron chi connectivity index (χ2n) is 4.35. The average Bonchev–Trinajstić information content (AvgIpc) is 3.09. The number of aliphatic hydroxyl groups is 1. The highest BCUT2D eigenvalue weighted by atomic mass is 79.9. The molecule has 0 fully saturated rings. The van der Waals surface area contributed by atoms with Crippen molar-refractivity contribution < 1.29 is 9.52 Å². The Morgan fingerprint density at radius 3 is 2.75 bits per heavy atom. The predicted molar refractivity (Wildman–Crippen MR) is 82.6 cm³/mol. The molecule has 1 unspecified atom stereocenters. The number of benzene rings is 1. The van der Waals surface area contributed by atoms with Gasteiger partial charge in [0.2, 0.25) is 0 Å². The third kappa shape index (κ3) is 2.85. The molecule has 2 aromatic heterocycles. The number of furan rings is 1. The number of aliphatic hydroxyl groups excluding tert-OH is 1. The third-order valence-electron chi connectivity index (χ3n) is 2.94. The van der Waals surface area contributed by atoms with Crippen LogP contribution in [0.25, 0.3) is 11.3 Å². The molecule has 0 aliphatic carbocycles. The lowest BCUT2D eigenvalue weighted by Crippen LogP contribution is -2.00. The second kappa shape index (κ2) is 5.91. The summed E-state index contributed by atoms with van der Waals surface area (Å²) < 4.78 is 6.05. The van der Waals surface area contributed by atoms with E-state index in [1.807, 2.05) is 35.7 Å². The molecule has 20 heavy (non-hydrogen) atoms. The van der Waals surface area contributed by atoms with Gasteiger partial charge in [-0.05, 0) is 22.0 Å². The molecule has 3 nitrogen and oxygen atoms in total. The number of aromatic nitrogens is 1. The molecule has 2 heterocycles. The van der Waals surface area contributed by atoms with Gasteiger partial charge in [0.15, 0.2) is 0 Å². The van der Waals surface area contributed by atoms with Gasteiger partial charge < -0.3 is 9.52 Å². The lowest BCUT2D eigenvalue weighted by atomic mass is 10.2. The molecular formula is C15H12BrNO2S. The first kappa shape index (κ1) is 13.5. The smallest absolute Gasteiger partial charge is 0.146 e. The molecule has 5 heteroatoms. The minimum Gasteiger partial charge on any atom is -0.465 e. The maximum atomic E-state index is 10.2. The molecule has 0 radical (unpaired) electrons. The van der Waals surface area contributed by atoms with E-state index in [4.69, 9.17) is 4.42 Å². The first-order valence-electron chi connectivity index (χ1n) is 6.15. The Labute approximate surface area is 129 Å². The van der Waals surface area contributed by atoms with Crippen molar-refractivity contribution in [2.24, 2.45) is 0 Å². The van der Waals surface area contributed by atoms with Gasteiger partial charge in [0.25, 0.3) is 0 Å². The molecule has 0 aliphatic rings. The van der Waals surface area contributed by atoms with Crippen LogP contribution in [0.5, 0.6) is 0 Å². The fourth-order valence-electron chi connectivity index (χ4n) is 1.95. The number of nitrogens with zero attached hydrogens (tertiary/aromatic N) is 1. The minimum absolute atomic E-state index is 0.448. The number of halogens is 1. The molecule has 3 rings (SSSR count). The van der Waals surface area contributed by atoms with Crippen LogP contribution in [-0.4, -0.2) is 10.1 Å². The summed E-state index contributed by atoms with van der Waals surface area (Å²) in [4.78, 5) is 4.56. The van der Waals surface area contributed by atoms with Gasteiger partial charge >= 0.3 is 0 Å². The van der Waals surface area contributed by atoms with Crippen molar-refractivity contribution in [2.45, 2.75) is 12.5 Å². The van der Waals surface area contributed by atoms with Crippen LogP contribution in [-0.2, 0) is 6.42 Å². The zero-order chi connectivity index (χ0) is 13.9. The Morgan fingerprint density at radius 1 is 1.25 bits per heavy atom. The van der Waals surface area contributed by atoms with Gasteiger partial charge in [-0.3, -0.25) is 0 Å². The van der Waals surface area contributed by atoms with E-state index in [0.29, 0.717) is 12.2 Å². The lowest BCUT2D eigenvalue weighted by molar-refractivity contribution is 0.149. The van der Waals surface area contributed by atoms with Crippen molar-refractivity contribution in [1.82, 2.24) is 4.98 Å². The molecule has 1 atom stereocenters. The summed E-state index contributed by atoms with van der Waals surface area (Å²) in [5.41, 5.74) is 2.03. The van der Waals surface area contributed by atoms with Crippen LogP contribution in [0.4, 0.5) is 0 Å². The zero-order valence-corrected chi connectivity index (χ0v) is 12.9. The summed E-state index contributed by atoms with van der Waals surface area (Å²) in [6, 6.07) is 11.8. The fourth-order valence-corrected chi connectivity index (χ4v) is 3.25. The first-order valence-corrected chi connectivity index (χ1v) is 7.82. The summed E-state index contributed by atoms with van der Waals surface area (Å²) in [5, 5.41) is 13.1. The maximum absolute atomic E-state index is 10.2. The van der Waals surface area contributed by atoms with Crippen LogP contribution in [0.3, 0.4) is 0 Å². The normalized spacial score (nSPS) is 12.5. The summed E-state index contributed by atoms with van der Waals surface area (Å²) in [6.45, 7) is 0. The summed E-state index contributed by atoms with van der Waals surface area (Å²) in [7, 11) is 0. The van der Waals surface area contributed by atoms with E-state index in [1.54, 1.807) is 23.7 Å². The molecule has 3 aromatic rings. The summed E-state index contributed by atoms with van der Waals surface area (Å²) >= 11 is 4.90. The van der Waals surface area contributed by atoms with Crippen LogP contribution in [0.15, 0.2) is 56.9 Å². The van der Waals surface area contributed by atoms with Crippen molar-refractivity contribution in [3.63, 3.8) is 0 Å². The van der Waals surface area contributed by atoms with Gasteiger partial charge in [-0.25, -0.2) is 4.98 Å². The van der Waals surface area contributed by atoms with Crippen molar-refractivity contribution in [3.05, 3.63) is 63.3 Å². The molecule has 0 saturated heterocycles. The van der Waals surface area contributed by atoms with E-state index in [1.165, 1.54) is 0 Å². The van der Waals surface area contributed by atoms with Crippen molar-refractivity contribution in [1.29, 1.82) is 0 Å². The van der Waals surface area contributed by atoms with Crippen molar-refractivity contribution in [2.75, 3.05) is 0 Å². The molecule has 0 aliphatic heterocycles. The van der Waals surface area contributed by atoms with Gasteiger partial charge in [-0.1, -0.05) is 30.3 Å². The van der Waals surface area contributed by atoms with Crippen LogP contribution < -0.4 is 0 Å². The van der Waals surface area contributed by atoms with Gasteiger partial charge in [0, 0.05) is 17.4 Å². The first-order chi connectivity index (χ1) is 9.74. The van der Waals surface area contributed by atoms with E-state index in [0.717, 1.165) is 20.7 Å². The SMILES string of the molecule is OC(Cc1nc(-c2ccccc2)cs1)c1occc1Br. The van der Waals surface area contributed by atoms with Crippen LogP contribution >= 0.6 is 27.3 Å². The maximum Gasteiger partial charge on any atom is 0.146 e. The van der Waals surface area contributed by atoms with E-state index < -0.39 is 6.10 Å². The van der Waals surface area contributed by atoms with Gasteiger partial charge in [0.1, 0.15) is 11.9 Å². The Hall–Kier alpha value is -1.43. The Morgan fingerprint density at radius 2 is 2.05 bits per heavy atom. The van der Waals surface area contributed by atoms with Crippen LogP contribution in [0, 0.1) is 0 Å². The lowest BCUT2D eigenvalue weighted by Gasteiger charge is -2.05. The highest BCUT2D eigenvalue weighted by molar-refractivity contribution is 9.10. The molecule has 102 valence electrons. The predicted octanol–water partition coefficient (Wildman–Crippen LogP) is 4.44. The third-order valence-corrected chi connectivity index (χ3v) is 4.46.